The molecule has 2 aromatic rings. The molecule has 0 aliphatic rings. The van der Waals surface area contributed by atoms with Gasteiger partial charge in [0.05, 0.1) is 4.92 Å². The van der Waals surface area contributed by atoms with Crippen LogP contribution in [0.4, 0.5) is 5.69 Å². The SMILES string of the molecule is CCc1ccc(OCC(=O)NCc2cc([N+](=O)[O-])ccc2O)cc1. The van der Waals surface area contributed by atoms with E-state index in [1.54, 1.807) is 12.1 Å². The molecule has 0 atom stereocenters. The van der Waals surface area contributed by atoms with E-state index in [-0.39, 0.29) is 36.1 Å². The lowest BCUT2D eigenvalue weighted by Gasteiger charge is -2.09. The summed E-state index contributed by atoms with van der Waals surface area (Å²) in [6, 6.07) is 11.1. The van der Waals surface area contributed by atoms with Crippen LogP contribution in [-0.4, -0.2) is 22.5 Å². The van der Waals surface area contributed by atoms with Crippen molar-refractivity contribution in [3.05, 3.63) is 63.7 Å². The summed E-state index contributed by atoms with van der Waals surface area (Å²) in [6.07, 6.45) is 0.924. The minimum absolute atomic E-state index is 0.0233. The maximum atomic E-state index is 11.8. The number of phenolic OH excluding ortho intramolecular Hbond substituents is 1. The molecule has 126 valence electrons. The maximum absolute atomic E-state index is 11.8. The molecular formula is C17H18N2O5. The summed E-state index contributed by atoms with van der Waals surface area (Å²) in [4.78, 5) is 22.0. The van der Waals surface area contributed by atoms with Gasteiger partial charge in [0, 0.05) is 24.2 Å². The average Bonchev–Trinajstić information content (AvgIpc) is 2.59. The predicted octanol–water partition coefficient (Wildman–Crippen LogP) is 2.56. The van der Waals surface area contributed by atoms with Crippen molar-refractivity contribution in [1.29, 1.82) is 0 Å². The van der Waals surface area contributed by atoms with Crippen LogP contribution < -0.4 is 10.1 Å². The van der Waals surface area contributed by atoms with Gasteiger partial charge >= 0.3 is 0 Å². The van der Waals surface area contributed by atoms with Crippen LogP contribution in [0.1, 0.15) is 18.1 Å². The van der Waals surface area contributed by atoms with Gasteiger partial charge in [-0.05, 0) is 30.2 Å². The highest BCUT2D eigenvalue weighted by Crippen LogP contribution is 2.22. The van der Waals surface area contributed by atoms with Crippen LogP contribution in [0.5, 0.6) is 11.5 Å². The Morgan fingerprint density at radius 3 is 2.58 bits per heavy atom. The lowest BCUT2D eigenvalue weighted by Crippen LogP contribution is -2.28. The summed E-state index contributed by atoms with van der Waals surface area (Å²) < 4.78 is 5.37. The number of amides is 1. The molecular weight excluding hydrogens is 312 g/mol. The van der Waals surface area contributed by atoms with Crippen LogP contribution in [0.3, 0.4) is 0 Å². The van der Waals surface area contributed by atoms with Crippen LogP contribution in [0.25, 0.3) is 0 Å². The summed E-state index contributed by atoms with van der Waals surface area (Å²) in [6.45, 7) is 1.85. The Labute approximate surface area is 139 Å². The molecule has 0 aliphatic heterocycles. The Kier molecular flexibility index (Phi) is 5.73. The molecule has 0 unspecified atom stereocenters. The first-order valence-corrected chi connectivity index (χ1v) is 7.44. The number of carbonyl (C=O) groups is 1. The molecule has 0 heterocycles. The van der Waals surface area contributed by atoms with Crippen LogP contribution in [0.2, 0.25) is 0 Å². The number of non-ortho nitro benzene ring substituents is 1. The molecule has 2 aromatic carbocycles. The zero-order valence-electron chi connectivity index (χ0n) is 13.2. The number of rotatable bonds is 7. The second-order valence-corrected chi connectivity index (χ2v) is 5.13. The number of hydrogen-bond acceptors (Lipinski definition) is 5. The molecule has 0 bridgehead atoms. The van der Waals surface area contributed by atoms with Crippen molar-refractivity contribution in [2.24, 2.45) is 0 Å². The van der Waals surface area contributed by atoms with Crippen LogP contribution >= 0.6 is 0 Å². The number of aromatic hydroxyl groups is 1. The monoisotopic (exact) mass is 330 g/mol. The van der Waals surface area contributed by atoms with Crippen molar-refractivity contribution in [1.82, 2.24) is 5.32 Å². The fourth-order valence-corrected chi connectivity index (χ4v) is 2.04. The summed E-state index contributed by atoms with van der Waals surface area (Å²) in [5.74, 6) is 0.0815. The Bertz CT molecular complexity index is 728. The molecule has 2 rings (SSSR count). The lowest BCUT2D eigenvalue weighted by molar-refractivity contribution is -0.384. The minimum atomic E-state index is -0.562. The smallest absolute Gasteiger partial charge is 0.270 e. The summed E-state index contributed by atoms with van der Waals surface area (Å²) >= 11 is 0. The molecule has 0 aromatic heterocycles. The van der Waals surface area contributed by atoms with Crippen LogP contribution in [0, 0.1) is 10.1 Å². The van der Waals surface area contributed by atoms with Crippen LogP contribution in [-0.2, 0) is 17.8 Å². The van der Waals surface area contributed by atoms with Gasteiger partial charge in [-0.3, -0.25) is 14.9 Å². The van der Waals surface area contributed by atoms with Crippen molar-refractivity contribution < 1.29 is 19.6 Å². The van der Waals surface area contributed by atoms with E-state index in [0.717, 1.165) is 6.42 Å². The van der Waals surface area contributed by atoms with Gasteiger partial charge in [-0.2, -0.15) is 0 Å². The topological polar surface area (TPSA) is 102 Å². The third-order valence-corrected chi connectivity index (χ3v) is 3.45. The number of nitro groups is 1. The molecule has 0 saturated heterocycles. The fraction of sp³-hybridized carbons (Fsp3) is 0.235. The van der Waals surface area contributed by atoms with Crippen molar-refractivity contribution in [2.45, 2.75) is 19.9 Å². The summed E-state index contributed by atoms with van der Waals surface area (Å²) in [5, 5.41) is 23.0. The maximum Gasteiger partial charge on any atom is 0.270 e. The number of benzene rings is 2. The van der Waals surface area contributed by atoms with E-state index in [4.69, 9.17) is 4.74 Å². The second-order valence-electron chi connectivity index (χ2n) is 5.13. The quantitative estimate of drug-likeness (QED) is 0.600. The first-order valence-electron chi connectivity index (χ1n) is 7.44. The molecule has 7 nitrogen and oxygen atoms in total. The zero-order valence-corrected chi connectivity index (χ0v) is 13.2. The number of nitro benzene ring substituents is 1. The highest BCUT2D eigenvalue weighted by atomic mass is 16.6. The lowest BCUT2D eigenvalue weighted by atomic mass is 10.2. The molecule has 0 fully saturated rings. The molecule has 2 N–H and O–H groups in total. The largest absolute Gasteiger partial charge is 0.508 e. The second kappa shape index (κ2) is 7.96. The summed E-state index contributed by atoms with van der Waals surface area (Å²) in [7, 11) is 0. The van der Waals surface area contributed by atoms with Gasteiger partial charge in [0.2, 0.25) is 0 Å². The van der Waals surface area contributed by atoms with Crippen molar-refractivity contribution >= 4 is 11.6 Å². The van der Waals surface area contributed by atoms with E-state index in [2.05, 4.69) is 5.32 Å². The number of ether oxygens (including phenoxy) is 1. The van der Waals surface area contributed by atoms with Gasteiger partial charge in [0.1, 0.15) is 11.5 Å². The number of hydrogen-bond donors (Lipinski definition) is 2. The molecule has 0 saturated carbocycles. The van der Waals surface area contributed by atoms with Gasteiger partial charge in [-0.1, -0.05) is 19.1 Å². The standard InChI is InChI=1S/C17H18N2O5/c1-2-12-3-6-15(7-4-12)24-11-17(21)18-10-13-9-14(19(22)23)5-8-16(13)20/h3-9,20H,2,10-11H2,1H3,(H,18,21). The van der Waals surface area contributed by atoms with E-state index < -0.39 is 4.92 Å². The first kappa shape index (κ1) is 17.3. The van der Waals surface area contributed by atoms with Crippen molar-refractivity contribution in [3.63, 3.8) is 0 Å². The minimum Gasteiger partial charge on any atom is -0.508 e. The number of nitrogens with zero attached hydrogens (tertiary/aromatic N) is 1. The number of nitrogens with one attached hydrogen (secondary N) is 1. The molecule has 0 radical (unpaired) electrons. The normalized spacial score (nSPS) is 10.2. The first-order chi connectivity index (χ1) is 11.5. The summed E-state index contributed by atoms with van der Waals surface area (Å²) in [5.41, 5.74) is 1.29. The van der Waals surface area contributed by atoms with Gasteiger partial charge in [-0.15, -0.1) is 0 Å². The van der Waals surface area contributed by atoms with Crippen molar-refractivity contribution in [3.8, 4) is 11.5 Å². The number of aryl methyl sites for hydroxylation is 1. The van der Waals surface area contributed by atoms with E-state index in [9.17, 15) is 20.0 Å². The molecule has 0 aliphatic carbocycles. The Morgan fingerprint density at radius 1 is 1.25 bits per heavy atom. The van der Waals surface area contributed by atoms with E-state index in [0.29, 0.717) is 5.75 Å². The van der Waals surface area contributed by atoms with Gasteiger partial charge < -0.3 is 15.2 Å². The highest BCUT2D eigenvalue weighted by molar-refractivity contribution is 5.77. The van der Waals surface area contributed by atoms with Gasteiger partial charge in [0.15, 0.2) is 6.61 Å². The van der Waals surface area contributed by atoms with E-state index >= 15 is 0 Å². The Balaban J connectivity index is 1.86. The third kappa shape index (κ3) is 4.70. The molecule has 1 amide bonds. The molecule has 0 spiro atoms. The number of carbonyl (C=O) groups excluding carboxylic acids is 1. The Hall–Kier alpha value is -3.09. The zero-order chi connectivity index (χ0) is 17.5. The fourth-order valence-electron chi connectivity index (χ4n) is 2.04. The van der Waals surface area contributed by atoms with Gasteiger partial charge in [-0.25, -0.2) is 0 Å². The predicted molar refractivity (Wildman–Crippen MR) is 87.9 cm³/mol. The average molecular weight is 330 g/mol. The molecule has 24 heavy (non-hydrogen) atoms. The third-order valence-electron chi connectivity index (χ3n) is 3.45. The van der Waals surface area contributed by atoms with E-state index in [1.807, 2.05) is 19.1 Å². The Morgan fingerprint density at radius 2 is 1.96 bits per heavy atom. The van der Waals surface area contributed by atoms with Crippen LogP contribution in [0.15, 0.2) is 42.5 Å². The van der Waals surface area contributed by atoms with Crippen molar-refractivity contribution in [2.75, 3.05) is 6.61 Å². The molecule has 7 heteroatoms. The number of phenols is 1. The van der Waals surface area contributed by atoms with Gasteiger partial charge in [0.25, 0.3) is 11.6 Å². The van der Waals surface area contributed by atoms with E-state index in [1.165, 1.54) is 23.8 Å². The highest BCUT2D eigenvalue weighted by Gasteiger charge is 2.11.